The van der Waals surface area contributed by atoms with Crippen LogP contribution in [0.4, 0.5) is 0 Å². The van der Waals surface area contributed by atoms with Crippen LogP contribution in [0.15, 0.2) is 12.4 Å². The molecule has 4 saturated carbocycles. The summed E-state index contributed by atoms with van der Waals surface area (Å²) in [5.74, 6) is 4.27. The van der Waals surface area contributed by atoms with Gasteiger partial charge >= 0.3 is 0 Å². The number of imidazole rings is 1. The summed E-state index contributed by atoms with van der Waals surface area (Å²) in [6.07, 6.45) is 15.1. The number of nitrogens with two attached hydrogens (primary N) is 1. The Kier molecular flexibility index (Phi) is 2.73. The fraction of sp³-hybridized carbons (Fsp3) is 0.812. The molecule has 3 heteroatoms. The van der Waals surface area contributed by atoms with Gasteiger partial charge < -0.3 is 10.3 Å². The van der Waals surface area contributed by atoms with Crippen LogP contribution >= 0.6 is 0 Å². The predicted octanol–water partition coefficient (Wildman–Crippen LogP) is 2.70. The second-order valence-electron chi connectivity index (χ2n) is 7.25. The van der Waals surface area contributed by atoms with Crippen molar-refractivity contribution >= 4 is 0 Å². The molecule has 3 nitrogen and oxygen atoms in total. The number of aromatic nitrogens is 2. The minimum atomic E-state index is 0.426. The van der Waals surface area contributed by atoms with E-state index in [1.807, 2.05) is 6.20 Å². The molecule has 0 amide bonds. The van der Waals surface area contributed by atoms with Gasteiger partial charge in [0.05, 0.1) is 0 Å². The first-order valence-electron chi connectivity index (χ1n) is 8.02. The van der Waals surface area contributed by atoms with Crippen LogP contribution in [0.25, 0.3) is 0 Å². The summed E-state index contributed by atoms with van der Waals surface area (Å²) in [4.78, 5) is 4.62. The molecule has 1 aromatic rings. The van der Waals surface area contributed by atoms with Crippen molar-refractivity contribution in [2.45, 2.75) is 56.9 Å². The van der Waals surface area contributed by atoms with E-state index < -0.39 is 0 Å². The molecule has 19 heavy (non-hydrogen) atoms. The summed E-state index contributed by atoms with van der Waals surface area (Å²) in [7, 11) is 0. The third kappa shape index (κ3) is 1.85. The van der Waals surface area contributed by atoms with E-state index in [1.165, 1.54) is 44.3 Å². The highest BCUT2D eigenvalue weighted by Crippen LogP contribution is 2.58. The Morgan fingerprint density at radius 1 is 1.16 bits per heavy atom. The van der Waals surface area contributed by atoms with Crippen molar-refractivity contribution in [1.29, 1.82) is 0 Å². The van der Waals surface area contributed by atoms with Crippen molar-refractivity contribution in [3.05, 3.63) is 18.2 Å². The van der Waals surface area contributed by atoms with E-state index in [2.05, 4.69) is 15.7 Å². The van der Waals surface area contributed by atoms with Crippen molar-refractivity contribution in [2.24, 2.45) is 23.5 Å². The maximum Gasteiger partial charge on any atom is 0.109 e. The zero-order valence-electron chi connectivity index (χ0n) is 11.7. The lowest BCUT2D eigenvalue weighted by Gasteiger charge is -2.57. The van der Waals surface area contributed by atoms with Gasteiger partial charge in [0.15, 0.2) is 0 Å². The molecule has 104 valence electrons. The quantitative estimate of drug-likeness (QED) is 0.903. The highest BCUT2D eigenvalue weighted by atomic mass is 15.1. The molecule has 0 saturated heterocycles. The normalized spacial score (nSPS) is 39.9. The van der Waals surface area contributed by atoms with Gasteiger partial charge in [0, 0.05) is 24.4 Å². The first-order valence-corrected chi connectivity index (χ1v) is 8.02. The molecule has 1 heterocycles. The lowest BCUT2D eigenvalue weighted by Crippen LogP contribution is -2.52. The van der Waals surface area contributed by atoms with Gasteiger partial charge in [-0.05, 0) is 69.2 Å². The van der Waals surface area contributed by atoms with E-state index in [9.17, 15) is 0 Å². The highest BCUT2D eigenvalue weighted by molar-refractivity contribution is 5.10. The smallest absolute Gasteiger partial charge is 0.109 e. The Bertz CT molecular complexity index is 427. The SMILES string of the molecule is NCCCc1nccn1C12CC3CC(CC(C3)C1)C2. The molecule has 0 aliphatic heterocycles. The highest BCUT2D eigenvalue weighted by Gasteiger charge is 2.52. The molecular formula is C16H25N3. The van der Waals surface area contributed by atoms with Crippen molar-refractivity contribution in [3.63, 3.8) is 0 Å². The number of nitrogens with zero attached hydrogens (tertiary/aromatic N) is 2. The fourth-order valence-corrected chi connectivity index (χ4v) is 5.57. The Balaban J connectivity index is 1.66. The van der Waals surface area contributed by atoms with E-state index in [-0.39, 0.29) is 0 Å². The molecule has 0 spiro atoms. The van der Waals surface area contributed by atoms with Gasteiger partial charge in [-0.3, -0.25) is 0 Å². The van der Waals surface area contributed by atoms with Crippen LogP contribution in [-0.2, 0) is 12.0 Å². The molecule has 1 aromatic heterocycles. The first kappa shape index (κ1) is 12.0. The van der Waals surface area contributed by atoms with Gasteiger partial charge in [-0.25, -0.2) is 4.98 Å². The molecule has 4 bridgehead atoms. The minimum Gasteiger partial charge on any atom is -0.330 e. The number of aryl methyl sites for hydroxylation is 1. The summed E-state index contributed by atoms with van der Waals surface area (Å²) in [6, 6.07) is 0. The van der Waals surface area contributed by atoms with Crippen molar-refractivity contribution < 1.29 is 0 Å². The average molecular weight is 259 g/mol. The third-order valence-electron chi connectivity index (χ3n) is 5.84. The van der Waals surface area contributed by atoms with Crippen LogP contribution in [0.3, 0.4) is 0 Å². The number of hydrogen-bond acceptors (Lipinski definition) is 2. The van der Waals surface area contributed by atoms with Gasteiger partial charge in [-0.1, -0.05) is 0 Å². The van der Waals surface area contributed by atoms with Crippen LogP contribution in [-0.4, -0.2) is 16.1 Å². The molecule has 4 fully saturated rings. The van der Waals surface area contributed by atoms with E-state index in [4.69, 9.17) is 5.73 Å². The molecule has 5 rings (SSSR count). The Hall–Kier alpha value is -0.830. The summed E-state index contributed by atoms with van der Waals surface area (Å²) in [5.41, 5.74) is 6.09. The molecule has 0 radical (unpaired) electrons. The lowest BCUT2D eigenvalue weighted by molar-refractivity contribution is -0.0444. The topological polar surface area (TPSA) is 43.8 Å². The van der Waals surface area contributed by atoms with E-state index >= 15 is 0 Å². The standard InChI is InChI=1S/C16H25N3/c17-3-1-2-15-18-4-5-19(15)16-9-12-6-13(10-16)8-14(7-12)11-16/h4-5,12-14H,1-3,6-11,17H2. The van der Waals surface area contributed by atoms with Crippen LogP contribution in [0.1, 0.15) is 50.8 Å². The first-order chi connectivity index (χ1) is 9.29. The van der Waals surface area contributed by atoms with Crippen molar-refractivity contribution in [2.75, 3.05) is 6.54 Å². The molecule has 0 aromatic carbocycles. The molecule has 2 N–H and O–H groups in total. The van der Waals surface area contributed by atoms with E-state index in [0.717, 1.165) is 37.1 Å². The van der Waals surface area contributed by atoms with Gasteiger partial charge in [-0.2, -0.15) is 0 Å². The van der Waals surface area contributed by atoms with Gasteiger partial charge in [0.1, 0.15) is 5.82 Å². The maximum atomic E-state index is 5.66. The van der Waals surface area contributed by atoms with Gasteiger partial charge in [0.25, 0.3) is 0 Å². The number of rotatable bonds is 4. The van der Waals surface area contributed by atoms with Gasteiger partial charge in [-0.15, -0.1) is 0 Å². The summed E-state index contributed by atoms with van der Waals surface area (Å²) < 4.78 is 2.56. The van der Waals surface area contributed by atoms with Crippen molar-refractivity contribution in [3.8, 4) is 0 Å². The largest absolute Gasteiger partial charge is 0.330 e. The molecule has 0 unspecified atom stereocenters. The van der Waals surface area contributed by atoms with Crippen LogP contribution in [0, 0.1) is 17.8 Å². The van der Waals surface area contributed by atoms with E-state index in [1.54, 1.807) is 0 Å². The van der Waals surface area contributed by atoms with Gasteiger partial charge in [0.2, 0.25) is 0 Å². The minimum absolute atomic E-state index is 0.426. The molecular weight excluding hydrogens is 234 g/mol. The fourth-order valence-electron chi connectivity index (χ4n) is 5.57. The average Bonchev–Trinajstić information content (AvgIpc) is 2.83. The monoisotopic (exact) mass is 259 g/mol. The van der Waals surface area contributed by atoms with Crippen LogP contribution in [0.2, 0.25) is 0 Å². The van der Waals surface area contributed by atoms with E-state index in [0.29, 0.717) is 5.54 Å². The molecule has 4 aliphatic rings. The molecule has 4 aliphatic carbocycles. The summed E-state index contributed by atoms with van der Waals surface area (Å²) in [6.45, 7) is 0.772. The summed E-state index contributed by atoms with van der Waals surface area (Å²) >= 11 is 0. The van der Waals surface area contributed by atoms with Crippen molar-refractivity contribution in [1.82, 2.24) is 9.55 Å². The Morgan fingerprint density at radius 3 is 2.37 bits per heavy atom. The van der Waals surface area contributed by atoms with Crippen LogP contribution in [0.5, 0.6) is 0 Å². The summed E-state index contributed by atoms with van der Waals surface area (Å²) in [5, 5.41) is 0. The number of hydrogen-bond donors (Lipinski definition) is 1. The predicted molar refractivity (Wildman–Crippen MR) is 75.7 cm³/mol. The second-order valence-corrected chi connectivity index (χ2v) is 7.25. The lowest BCUT2D eigenvalue weighted by atomic mass is 9.53. The maximum absolute atomic E-state index is 5.66. The molecule has 0 atom stereocenters. The Labute approximate surface area is 115 Å². The second kappa shape index (κ2) is 4.34. The zero-order valence-corrected chi connectivity index (χ0v) is 11.7. The van der Waals surface area contributed by atoms with Crippen LogP contribution < -0.4 is 5.73 Å². The third-order valence-corrected chi connectivity index (χ3v) is 5.84. The Morgan fingerprint density at radius 2 is 1.79 bits per heavy atom. The zero-order chi connectivity index (χ0) is 12.9.